The van der Waals surface area contributed by atoms with Gasteiger partial charge in [-0.1, -0.05) is 30.0 Å². The SMILES string of the molecule is N[C@@H](C(=O)COc1ccccc1)C1=C(C(=O)OCc2ccc([N+](=O)[O-])cc2)N2C(=O)C[C@H]2S1. The summed E-state index contributed by atoms with van der Waals surface area (Å²) in [6, 6.07) is 13.1. The van der Waals surface area contributed by atoms with E-state index in [0.29, 0.717) is 11.3 Å². The molecule has 0 spiro atoms. The van der Waals surface area contributed by atoms with Crippen molar-refractivity contribution in [2.45, 2.75) is 24.4 Å². The van der Waals surface area contributed by atoms with Crippen LogP contribution >= 0.6 is 11.8 Å². The van der Waals surface area contributed by atoms with Gasteiger partial charge in [-0.15, -0.1) is 0 Å². The van der Waals surface area contributed by atoms with Gasteiger partial charge in [0.1, 0.15) is 30.7 Å². The van der Waals surface area contributed by atoms with Crippen molar-refractivity contribution in [1.29, 1.82) is 0 Å². The number of hydrogen-bond donors (Lipinski definition) is 1. The molecule has 0 aliphatic carbocycles. The van der Waals surface area contributed by atoms with Crippen LogP contribution in [0.15, 0.2) is 65.2 Å². The molecule has 2 heterocycles. The highest BCUT2D eigenvalue weighted by molar-refractivity contribution is 8.04. The number of fused-ring (bicyclic) bond motifs is 1. The summed E-state index contributed by atoms with van der Waals surface area (Å²) in [5.74, 6) is -0.992. The number of nitro groups is 1. The molecule has 2 aliphatic heterocycles. The number of non-ortho nitro benzene ring substituents is 1. The lowest BCUT2D eigenvalue weighted by Crippen LogP contribution is -2.48. The van der Waals surface area contributed by atoms with E-state index in [0.717, 1.165) is 0 Å². The van der Waals surface area contributed by atoms with Gasteiger partial charge in [0.05, 0.1) is 16.7 Å². The minimum absolute atomic E-state index is 0.0382. The molecule has 33 heavy (non-hydrogen) atoms. The second-order valence-electron chi connectivity index (χ2n) is 7.30. The Morgan fingerprint density at radius 2 is 1.88 bits per heavy atom. The number of ketones is 1. The highest BCUT2D eigenvalue weighted by Crippen LogP contribution is 2.47. The molecule has 1 saturated heterocycles. The summed E-state index contributed by atoms with van der Waals surface area (Å²) in [4.78, 5) is 49.4. The molecule has 0 saturated carbocycles. The summed E-state index contributed by atoms with van der Waals surface area (Å²) in [5, 5.41) is 10.5. The summed E-state index contributed by atoms with van der Waals surface area (Å²) in [6.45, 7) is -0.454. The molecule has 2 aliphatic rings. The number of carbonyl (C=O) groups is 3. The molecule has 1 fully saturated rings. The average Bonchev–Trinajstić information content (AvgIpc) is 3.14. The number of para-hydroxylation sites is 1. The second-order valence-corrected chi connectivity index (χ2v) is 8.52. The fourth-order valence-corrected chi connectivity index (χ4v) is 4.75. The Balaban J connectivity index is 1.46. The molecule has 0 unspecified atom stereocenters. The van der Waals surface area contributed by atoms with Crippen LogP contribution in [0.25, 0.3) is 0 Å². The van der Waals surface area contributed by atoms with Crippen molar-refractivity contribution in [1.82, 2.24) is 4.90 Å². The van der Waals surface area contributed by atoms with Crippen molar-refractivity contribution in [3.05, 3.63) is 80.9 Å². The van der Waals surface area contributed by atoms with Gasteiger partial charge in [-0.25, -0.2) is 4.79 Å². The molecular weight excluding hydrogens is 450 g/mol. The number of thioether (sulfide) groups is 1. The van der Waals surface area contributed by atoms with E-state index >= 15 is 0 Å². The number of nitro benzene ring substituents is 1. The molecule has 0 bridgehead atoms. The third-order valence-corrected chi connectivity index (χ3v) is 6.46. The van der Waals surface area contributed by atoms with Gasteiger partial charge in [-0.2, -0.15) is 0 Å². The normalized spacial score (nSPS) is 17.8. The molecule has 2 aromatic carbocycles. The Hall–Kier alpha value is -3.70. The third-order valence-electron chi connectivity index (χ3n) is 5.11. The van der Waals surface area contributed by atoms with Crippen molar-refractivity contribution in [3.63, 3.8) is 0 Å². The number of Topliss-reactive ketones (excluding diaryl/α,β-unsaturated/α-hetero) is 1. The van der Waals surface area contributed by atoms with Crippen LogP contribution in [0.2, 0.25) is 0 Å². The predicted octanol–water partition coefficient (Wildman–Crippen LogP) is 2.13. The van der Waals surface area contributed by atoms with Gasteiger partial charge in [0.2, 0.25) is 5.91 Å². The van der Waals surface area contributed by atoms with Gasteiger partial charge in [-0.05, 0) is 29.8 Å². The van der Waals surface area contributed by atoms with E-state index in [2.05, 4.69) is 0 Å². The molecule has 0 radical (unpaired) electrons. The van der Waals surface area contributed by atoms with Crippen LogP contribution in [0, 0.1) is 10.1 Å². The maximum atomic E-state index is 12.9. The van der Waals surface area contributed by atoms with Crippen LogP contribution in [0.3, 0.4) is 0 Å². The molecule has 10 nitrogen and oxygen atoms in total. The van der Waals surface area contributed by atoms with Crippen molar-refractivity contribution >= 4 is 35.1 Å². The summed E-state index contributed by atoms with van der Waals surface area (Å²) in [5.41, 5.74) is 6.56. The number of amides is 1. The van der Waals surface area contributed by atoms with Crippen molar-refractivity contribution in [2.75, 3.05) is 6.61 Å². The van der Waals surface area contributed by atoms with Crippen LogP contribution in [0.5, 0.6) is 5.75 Å². The van der Waals surface area contributed by atoms with Crippen LogP contribution in [-0.4, -0.2) is 45.5 Å². The minimum Gasteiger partial charge on any atom is -0.486 e. The Bertz CT molecular complexity index is 1130. The first-order chi connectivity index (χ1) is 15.8. The first kappa shape index (κ1) is 22.5. The number of hydrogen-bond acceptors (Lipinski definition) is 9. The molecule has 1 amide bonds. The van der Waals surface area contributed by atoms with E-state index < -0.39 is 22.7 Å². The zero-order valence-electron chi connectivity index (χ0n) is 17.2. The topological polar surface area (TPSA) is 142 Å². The number of nitrogens with zero attached hydrogens (tertiary/aromatic N) is 2. The summed E-state index contributed by atoms with van der Waals surface area (Å²) in [7, 11) is 0. The van der Waals surface area contributed by atoms with E-state index in [1.165, 1.54) is 40.9 Å². The van der Waals surface area contributed by atoms with E-state index in [9.17, 15) is 24.5 Å². The number of nitrogens with two attached hydrogens (primary N) is 1. The average molecular weight is 469 g/mol. The van der Waals surface area contributed by atoms with Gasteiger partial charge in [-0.3, -0.25) is 24.6 Å². The first-order valence-electron chi connectivity index (χ1n) is 9.94. The number of carbonyl (C=O) groups excluding carboxylic acids is 3. The van der Waals surface area contributed by atoms with Crippen LogP contribution in [-0.2, 0) is 25.7 Å². The predicted molar refractivity (Wildman–Crippen MR) is 118 cm³/mol. The third kappa shape index (κ3) is 4.73. The van der Waals surface area contributed by atoms with Gasteiger partial charge < -0.3 is 15.2 Å². The maximum Gasteiger partial charge on any atom is 0.356 e. The smallest absolute Gasteiger partial charge is 0.356 e. The number of ether oxygens (including phenoxy) is 2. The van der Waals surface area contributed by atoms with Crippen molar-refractivity contribution < 1.29 is 28.8 Å². The fraction of sp³-hybridized carbons (Fsp3) is 0.227. The van der Waals surface area contributed by atoms with E-state index in [4.69, 9.17) is 15.2 Å². The maximum absolute atomic E-state index is 12.9. The zero-order chi connectivity index (χ0) is 23.5. The van der Waals surface area contributed by atoms with Gasteiger partial charge in [0, 0.05) is 17.0 Å². The summed E-state index contributed by atoms with van der Waals surface area (Å²) < 4.78 is 10.8. The molecule has 2 N–H and O–H groups in total. The Kier molecular flexibility index (Phi) is 6.43. The number of β-lactam (4-membered cyclic amide) rings is 1. The largest absolute Gasteiger partial charge is 0.486 e. The molecule has 4 rings (SSSR count). The van der Waals surface area contributed by atoms with Gasteiger partial charge >= 0.3 is 5.97 Å². The van der Waals surface area contributed by atoms with Crippen LogP contribution < -0.4 is 10.5 Å². The van der Waals surface area contributed by atoms with Crippen molar-refractivity contribution in [2.24, 2.45) is 5.73 Å². The lowest BCUT2D eigenvalue weighted by molar-refractivity contribution is -0.384. The van der Waals surface area contributed by atoms with Crippen LogP contribution in [0.1, 0.15) is 12.0 Å². The Labute approximate surface area is 192 Å². The summed E-state index contributed by atoms with van der Waals surface area (Å²) >= 11 is 1.19. The Morgan fingerprint density at radius 1 is 1.18 bits per heavy atom. The quantitative estimate of drug-likeness (QED) is 0.253. The lowest BCUT2D eigenvalue weighted by atomic mass is 10.1. The fourth-order valence-electron chi connectivity index (χ4n) is 3.33. The molecule has 11 heteroatoms. The highest BCUT2D eigenvalue weighted by atomic mass is 32.2. The standard InChI is InChI=1S/C22H19N3O7S/c23-19(16(26)12-31-15-4-2-1-3-5-15)21-20(24-17(27)10-18(24)33-21)22(28)32-11-13-6-8-14(9-7-13)25(29)30/h1-9,18-19H,10-12,23H2/t18-,19+/m1/s1. The second kappa shape index (κ2) is 9.43. The molecule has 170 valence electrons. The van der Waals surface area contributed by atoms with Crippen molar-refractivity contribution in [3.8, 4) is 5.75 Å². The van der Waals surface area contributed by atoms with Gasteiger partial charge in [0.25, 0.3) is 5.69 Å². The number of esters is 1. The molecule has 2 aromatic rings. The number of benzene rings is 2. The van der Waals surface area contributed by atoms with Gasteiger partial charge in [0.15, 0.2) is 5.78 Å². The van der Waals surface area contributed by atoms with E-state index in [1.54, 1.807) is 24.3 Å². The van der Waals surface area contributed by atoms with E-state index in [-0.39, 0.29) is 47.2 Å². The molecule has 2 atom stereocenters. The zero-order valence-corrected chi connectivity index (χ0v) is 18.0. The van der Waals surface area contributed by atoms with E-state index in [1.807, 2.05) is 6.07 Å². The monoisotopic (exact) mass is 469 g/mol. The lowest BCUT2D eigenvalue weighted by Gasteiger charge is -2.34. The molecular formula is C22H19N3O7S. The number of rotatable bonds is 9. The van der Waals surface area contributed by atoms with Crippen LogP contribution in [0.4, 0.5) is 5.69 Å². The molecule has 0 aromatic heterocycles. The highest BCUT2D eigenvalue weighted by Gasteiger charge is 2.50. The first-order valence-corrected chi connectivity index (χ1v) is 10.8. The Morgan fingerprint density at radius 3 is 2.52 bits per heavy atom. The summed E-state index contributed by atoms with van der Waals surface area (Å²) in [6.07, 6.45) is 0.231. The minimum atomic E-state index is -1.15.